The van der Waals surface area contributed by atoms with Gasteiger partial charge < -0.3 is 5.73 Å². The van der Waals surface area contributed by atoms with Gasteiger partial charge in [0.15, 0.2) is 17.5 Å². The zero-order valence-corrected chi connectivity index (χ0v) is 10.2. The third kappa shape index (κ3) is 3.12. The summed E-state index contributed by atoms with van der Waals surface area (Å²) in [4.78, 5) is 0. The van der Waals surface area contributed by atoms with Crippen LogP contribution in [0.25, 0.3) is 0 Å². The van der Waals surface area contributed by atoms with Crippen LogP contribution in [-0.4, -0.2) is 0 Å². The van der Waals surface area contributed by atoms with Gasteiger partial charge in [-0.1, -0.05) is 20.8 Å². The number of hydrogen-bond donors (Lipinski definition) is 1. The van der Waals surface area contributed by atoms with E-state index in [-0.39, 0.29) is 23.4 Å². The van der Waals surface area contributed by atoms with Crippen molar-refractivity contribution in [2.75, 3.05) is 0 Å². The Bertz CT molecular complexity index is 351. The second kappa shape index (κ2) is 5.06. The van der Waals surface area contributed by atoms with Gasteiger partial charge in [-0.2, -0.15) is 0 Å². The molecule has 1 rings (SSSR count). The first kappa shape index (κ1) is 15.3. The van der Waals surface area contributed by atoms with Crippen LogP contribution in [0.15, 0.2) is 12.1 Å². The van der Waals surface area contributed by atoms with Gasteiger partial charge >= 0.3 is 0 Å². The first-order valence-electron chi connectivity index (χ1n) is 4.63. The summed E-state index contributed by atoms with van der Waals surface area (Å²) in [6.45, 7) is 5.53. The molecule has 0 aliphatic heterocycles. The SMILES string of the molecule is CC(C)(C)[C@H](N)c1cc(F)c(F)c(F)c1.Cl. The summed E-state index contributed by atoms with van der Waals surface area (Å²) in [6.07, 6.45) is 0. The molecule has 1 nitrogen and oxygen atoms in total. The van der Waals surface area contributed by atoms with Crippen LogP contribution < -0.4 is 5.73 Å². The Morgan fingerprint density at radius 3 is 1.75 bits per heavy atom. The highest BCUT2D eigenvalue weighted by Gasteiger charge is 2.24. The van der Waals surface area contributed by atoms with Crippen molar-refractivity contribution in [1.29, 1.82) is 0 Å². The largest absolute Gasteiger partial charge is 0.324 e. The molecular weight excluding hydrogens is 239 g/mol. The van der Waals surface area contributed by atoms with Gasteiger partial charge in [0.1, 0.15) is 0 Å². The van der Waals surface area contributed by atoms with Crippen molar-refractivity contribution in [2.24, 2.45) is 11.1 Å². The van der Waals surface area contributed by atoms with Crippen LogP contribution in [0, 0.1) is 22.9 Å². The molecule has 0 saturated heterocycles. The fraction of sp³-hybridized carbons (Fsp3) is 0.455. The summed E-state index contributed by atoms with van der Waals surface area (Å²) >= 11 is 0. The van der Waals surface area contributed by atoms with Gasteiger partial charge in [0.25, 0.3) is 0 Å². The summed E-state index contributed by atoms with van der Waals surface area (Å²) in [5, 5.41) is 0. The smallest absolute Gasteiger partial charge is 0.194 e. The van der Waals surface area contributed by atoms with Crippen LogP contribution in [0.4, 0.5) is 13.2 Å². The molecule has 1 aromatic carbocycles. The Balaban J connectivity index is 0.00000225. The molecule has 0 amide bonds. The van der Waals surface area contributed by atoms with E-state index in [2.05, 4.69) is 0 Å². The molecule has 0 bridgehead atoms. The van der Waals surface area contributed by atoms with Crippen molar-refractivity contribution in [3.05, 3.63) is 35.1 Å². The van der Waals surface area contributed by atoms with Gasteiger partial charge in [-0.15, -0.1) is 12.4 Å². The molecule has 16 heavy (non-hydrogen) atoms. The molecule has 0 aromatic heterocycles. The quantitative estimate of drug-likeness (QED) is 0.761. The zero-order chi connectivity index (χ0) is 11.8. The molecule has 0 fully saturated rings. The molecule has 1 aromatic rings. The van der Waals surface area contributed by atoms with Gasteiger partial charge in [0.05, 0.1) is 0 Å². The maximum Gasteiger partial charge on any atom is 0.194 e. The van der Waals surface area contributed by atoms with E-state index in [0.29, 0.717) is 0 Å². The summed E-state index contributed by atoms with van der Waals surface area (Å²) < 4.78 is 38.5. The monoisotopic (exact) mass is 253 g/mol. The van der Waals surface area contributed by atoms with Crippen molar-refractivity contribution in [3.8, 4) is 0 Å². The van der Waals surface area contributed by atoms with Crippen molar-refractivity contribution in [2.45, 2.75) is 26.8 Å². The summed E-state index contributed by atoms with van der Waals surface area (Å²) in [5.41, 5.74) is 5.73. The van der Waals surface area contributed by atoms with Gasteiger partial charge in [0.2, 0.25) is 0 Å². The van der Waals surface area contributed by atoms with Gasteiger partial charge in [-0.05, 0) is 23.1 Å². The maximum atomic E-state index is 12.9. The maximum absolute atomic E-state index is 12.9. The first-order valence-corrected chi connectivity index (χ1v) is 4.63. The summed E-state index contributed by atoms with van der Waals surface area (Å²) in [6, 6.07) is 1.34. The normalized spacial score (nSPS) is 13.2. The Hall–Kier alpha value is -0.740. The number of halogens is 4. The van der Waals surface area contributed by atoms with Crippen LogP contribution in [0.1, 0.15) is 32.4 Å². The lowest BCUT2D eigenvalue weighted by Crippen LogP contribution is -2.26. The number of benzene rings is 1. The number of rotatable bonds is 1. The van der Waals surface area contributed by atoms with E-state index in [1.165, 1.54) is 0 Å². The fourth-order valence-corrected chi connectivity index (χ4v) is 1.25. The minimum Gasteiger partial charge on any atom is -0.324 e. The average molecular weight is 254 g/mol. The van der Waals surface area contributed by atoms with Crippen molar-refractivity contribution < 1.29 is 13.2 Å². The molecule has 0 saturated carbocycles. The van der Waals surface area contributed by atoms with E-state index in [0.717, 1.165) is 12.1 Å². The molecular formula is C11H15ClF3N. The number of nitrogens with two attached hydrogens (primary N) is 1. The molecule has 0 aliphatic carbocycles. The fourth-order valence-electron chi connectivity index (χ4n) is 1.25. The molecule has 2 N–H and O–H groups in total. The van der Waals surface area contributed by atoms with Crippen molar-refractivity contribution >= 4 is 12.4 Å². The molecule has 92 valence electrons. The summed E-state index contributed by atoms with van der Waals surface area (Å²) in [7, 11) is 0. The summed E-state index contributed by atoms with van der Waals surface area (Å²) in [5.74, 6) is -3.87. The third-order valence-corrected chi connectivity index (χ3v) is 2.30. The van der Waals surface area contributed by atoms with Crippen LogP contribution in [0.2, 0.25) is 0 Å². The molecule has 0 radical (unpaired) electrons. The van der Waals surface area contributed by atoms with E-state index >= 15 is 0 Å². The standard InChI is InChI=1S/C11H14F3N.ClH/c1-11(2,3)10(15)6-4-7(12)9(14)8(13)5-6;/h4-5,10H,15H2,1-3H3;1H/t10-;/m1./s1. The Labute approximate surface area is 99.2 Å². The highest BCUT2D eigenvalue weighted by molar-refractivity contribution is 5.85. The Morgan fingerprint density at radius 1 is 1.06 bits per heavy atom. The average Bonchev–Trinajstić information content (AvgIpc) is 2.10. The van der Waals surface area contributed by atoms with Crippen LogP contribution in [-0.2, 0) is 0 Å². The topological polar surface area (TPSA) is 26.0 Å². The second-order valence-electron chi connectivity index (χ2n) is 4.64. The van der Waals surface area contributed by atoms with E-state index in [1.807, 2.05) is 20.8 Å². The lowest BCUT2D eigenvalue weighted by Gasteiger charge is -2.27. The molecule has 0 heterocycles. The van der Waals surface area contributed by atoms with Gasteiger partial charge in [-0.3, -0.25) is 0 Å². The Kier molecular flexibility index (Phi) is 4.83. The van der Waals surface area contributed by atoms with Crippen molar-refractivity contribution in [3.63, 3.8) is 0 Å². The van der Waals surface area contributed by atoms with Crippen LogP contribution >= 0.6 is 12.4 Å². The van der Waals surface area contributed by atoms with E-state index in [9.17, 15) is 13.2 Å². The first-order chi connectivity index (χ1) is 6.73. The van der Waals surface area contributed by atoms with Crippen LogP contribution in [0.5, 0.6) is 0 Å². The highest BCUT2D eigenvalue weighted by Crippen LogP contribution is 2.31. The molecule has 0 unspecified atom stereocenters. The lowest BCUT2D eigenvalue weighted by atomic mass is 9.83. The van der Waals surface area contributed by atoms with E-state index in [1.54, 1.807) is 0 Å². The third-order valence-electron chi connectivity index (χ3n) is 2.30. The highest BCUT2D eigenvalue weighted by atomic mass is 35.5. The molecule has 5 heteroatoms. The lowest BCUT2D eigenvalue weighted by molar-refractivity contribution is 0.323. The number of hydrogen-bond acceptors (Lipinski definition) is 1. The van der Waals surface area contributed by atoms with E-state index < -0.39 is 23.5 Å². The molecule has 1 atom stereocenters. The minimum atomic E-state index is -1.46. The predicted octanol–water partition coefficient (Wildman–Crippen LogP) is 3.57. The van der Waals surface area contributed by atoms with Crippen LogP contribution in [0.3, 0.4) is 0 Å². The molecule has 0 spiro atoms. The van der Waals surface area contributed by atoms with Gasteiger partial charge in [0, 0.05) is 6.04 Å². The minimum absolute atomic E-state index is 0. The molecule has 0 aliphatic rings. The predicted molar refractivity (Wildman–Crippen MR) is 59.9 cm³/mol. The Morgan fingerprint density at radius 2 is 1.44 bits per heavy atom. The van der Waals surface area contributed by atoms with Gasteiger partial charge in [-0.25, -0.2) is 13.2 Å². The van der Waals surface area contributed by atoms with E-state index in [4.69, 9.17) is 5.73 Å². The zero-order valence-electron chi connectivity index (χ0n) is 9.35. The van der Waals surface area contributed by atoms with Crippen molar-refractivity contribution in [1.82, 2.24) is 0 Å². The second-order valence-corrected chi connectivity index (χ2v) is 4.64.